The average Bonchev–Trinajstić information content (AvgIpc) is 3.37. The van der Waals surface area contributed by atoms with E-state index >= 15 is 0 Å². The average molecular weight is 400 g/mol. The van der Waals surface area contributed by atoms with Gasteiger partial charge in [-0.05, 0) is 49.8 Å². The zero-order valence-corrected chi connectivity index (χ0v) is 16.6. The van der Waals surface area contributed by atoms with Gasteiger partial charge in [-0.15, -0.1) is 17.9 Å². The minimum Gasteiger partial charge on any atom is -0.468 e. The van der Waals surface area contributed by atoms with Crippen LogP contribution in [0.1, 0.15) is 41.3 Å². The standard InChI is InChI=1S/C21H25N3O3S/c1-2-3-6-14(25)11-24(12-15-7-5-10-27-15)13-18-22-20(26)19-16-8-4-9-17(16)28-21(19)23-18/h2,5,7,10,14,25H,1,3-4,6,8-9,11-13H2,(H,22,23,26). The van der Waals surface area contributed by atoms with Crippen molar-refractivity contribution in [2.24, 2.45) is 0 Å². The summed E-state index contributed by atoms with van der Waals surface area (Å²) in [6.45, 7) is 5.17. The smallest absolute Gasteiger partial charge is 0.259 e. The van der Waals surface area contributed by atoms with E-state index in [2.05, 4.69) is 16.5 Å². The Kier molecular flexibility index (Phi) is 5.75. The molecule has 1 atom stereocenters. The first-order valence-corrected chi connectivity index (χ1v) is 10.5. The lowest BCUT2D eigenvalue weighted by molar-refractivity contribution is 0.0931. The van der Waals surface area contributed by atoms with E-state index in [0.717, 1.165) is 41.7 Å². The Morgan fingerprint density at radius 2 is 2.32 bits per heavy atom. The molecule has 7 heteroatoms. The molecular weight excluding hydrogens is 374 g/mol. The molecule has 0 amide bonds. The molecular formula is C21H25N3O3S. The van der Waals surface area contributed by atoms with Crippen molar-refractivity contribution in [2.45, 2.75) is 51.3 Å². The number of H-pyrrole nitrogens is 1. The lowest BCUT2D eigenvalue weighted by Crippen LogP contribution is -2.32. The van der Waals surface area contributed by atoms with E-state index in [1.165, 1.54) is 10.4 Å². The Hall–Kier alpha value is -2.22. The van der Waals surface area contributed by atoms with Crippen molar-refractivity contribution in [3.05, 3.63) is 63.4 Å². The van der Waals surface area contributed by atoms with Gasteiger partial charge < -0.3 is 14.5 Å². The van der Waals surface area contributed by atoms with Crippen molar-refractivity contribution in [1.82, 2.24) is 14.9 Å². The van der Waals surface area contributed by atoms with Gasteiger partial charge >= 0.3 is 0 Å². The third-order valence-electron chi connectivity index (χ3n) is 5.13. The molecule has 3 heterocycles. The molecule has 1 unspecified atom stereocenters. The van der Waals surface area contributed by atoms with E-state index < -0.39 is 6.10 Å². The first-order chi connectivity index (χ1) is 13.6. The second-order valence-electron chi connectivity index (χ2n) is 7.32. The number of aromatic amines is 1. The Bertz CT molecular complexity index is 1010. The summed E-state index contributed by atoms with van der Waals surface area (Å²) in [5, 5.41) is 11.1. The van der Waals surface area contributed by atoms with Gasteiger partial charge in [-0.1, -0.05) is 6.08 Å². The van der Waals surface area contributed by atoms with E-state index in [9.17, 15) is 9.90 Å². The first-order valence-electron chi connectivity index (χ1n) is 9.71. The van der Waals surface area contributed by atoms with Crippen molar-refractivity contribution in [2.75, 3.05) is 6.54 Å². The molecule has 0 aromatic carbocycles. The number of aliphatic hydroxyl groups is 1. The van der Waals surface area contributed by atoms with Crippen molar-refractivity contribution in [3.63, 3.8) is 0 Å². The first kappa shape index (κ1) is 19.1. The maximum Gasteiger partial charge on any atom is 0.259 e. The Morgan fingerprint density at radius 1 is 1.43 bits per heavy atom. The molecule has 4 rings (SSSR count). The monoisotopic (exact) mass is 399 g/mol. The van der Waals surface area contributed by atoms with E-state index in [0.29, 0.717) is 31.9 Å². The summed E-state index contributed by atoms with van der Waals surface area (Å²) in [6.07, 6.45) is 7.53. The summed E-state index contributed by atoms with van der Waals surface area (Å²) in [5.41, 5.74) is 1.14. The quantitative estimate of drug-likeness (QED) is 0.539. The number of rotatable bonds is 9. The maximum absolute atomic E-state index is 12.7. The summed E-state index contributed by atoms with van der Waals surface area (Å²) in [5.74, 6) is 1.44. The van der Waals surface area contributed by atoms with Crippen LogP contribution in [0.2, 0.25) is 0 Å². The van der Waals surface area contributed by atoms with E-state index in [-0.39, 0.29) is 5.56 Å². The summed E-state index contributed by atoms with van der Waals surface area (Å²) < 4.78 is 5.47. The third kappa shape index (κ3) is 4.11. The number of nitrogens with one attached hydrogen (secondary N) is 1. The third-order valence-corrected chi connectivity index (χ3v) is 6.32. The van der Waals surface area contributed by atoms with Crippen molar-refractivity contribution in [1.29, 1.82) is 0 Å². The molecule has 0 aliphatic heterocycles. The van der Waals surface area contributed by atoms with Gasteiger partial charge in [0.15, 0.2) is 0 Å². The van der Waals surface area contributed by atoms with Crippen LogP contribution in [-0.2, 0) is 25.9 Å². The van der Waals surface area contributed by atoms with Crippen LogP contribution in [0.25, 0.3) is 10.2 Å². The van der Waals surface area contributed by atoms with Crippen LogP contribution in [-0.4, -0.2) is 32.6 Å². The highest BCUT2D eigenvalue weighted by molar-refractivity contribution is 7.18. The highest BCUT2D eigenvalue weighted by Gasteiger charge is 2.22. The molecule has 148 valence electrons. The molecule has 0 saturated heterocycles. The van der Waals surface area contributed by atoms with Crippen LogP contribution in [0.5, 0.6) is 0 Å². The van der Waals surface area contributed by atoms with Crippen molar-refractivity contribution in [3.8, 4) is 0 Å². The summed E-state index contributed by atoms with van der Waals surface area (Å²) in [7, 11) is 0. The molecule has 0 spiro atoms. The molecule has 0 radical (unpaired) electrons. The van der Waals surface area contributed by atoms with E-state index in [1.807, 2.05) is 18.2 Å². The van der Waals surface area contributed by atoms with Crippen LogP contribution in [0.4, 0.5) is 0 Å². The minimum atomic E-state index is -0.478. The number of nitrogens with zero attached hydrogens (tertiary/aromatic N) is 2. The number of aliphatic hydroxyl groups excluding tert-OH is 1. The van der Waals surface area contributed by atoms with Crippen LogP contribution in [0.3, 0.4) is 0 Å². The molecule has 0 bridgehead atoms. The molecule has 3 aromatic rings. The Morgan fingerprint density at radius 3 is 3.11 bits per heavy atom. The zero-order chi connectivity index (χ0) is 19.5. The van der Waals surface area contributed by atoms with Gasteiger partial charge in [0.25, 0.3) is 5.56 Å². The number of thiophene rings is 1. The van der Waals surface area contributed by atoms with Crippen molar-refractivity contribution >= 4 is 21.6 Å². The van der Waals surface area contributed by atoms with E-state index in [1.54, 1.807) is 17.6 Å². The molecule has 6 nitrogen and oxygen atoms in total. The fourth-order valence-electron chi connectivity index (χ4n) is 3.84. The second-order valence-corrected chi connectivity index (χ2v) is 8.40. The summed E-state index contributed by atoms with van der Waals surface area (Å²) >= 11 is 1.64. The maximum atomic E-state index is 12.7. The van der Waals surface area contributed by atoms with Crippen molar-refractivity contribution < 1.29 is 9.52 Å². The lowest BCUT2D eigenvalue weighted by Gasteiger charge is -2.23. The molecule has 0 saturated carbocycles. The van der Waals surface area contributed by atoms with Gasteiger partial charge in [0.05, 0.1) is 30.8 Å². The SMILES string of the molecule is C=CCCC(O)CN(Cc1nc2sc3c(c2c(=O)[nH]1)CCC3)Cc1ccco1. The normalized spacial score (nSPS) is 14.6. The number of furan rings is 1. The van der Waals surface area contributed by atoms with Crippen LogP contribution >= 0.6 is 11.3 Å². The van der Waals surface area contributed by atoms with Gasteiger partial charge in [-0.2, -0.15) is 0 Å². The predicted octanol–water partition coefficient (Wildman–Crippen LogP) is 3.40. The molecule has 3 aromatic heterocycles. The molecule has 28 heavy (non-hydrogen) atoms. The number of allylic oxidation sites excluding steroid dienone is 1. The van der Waals surface area contributed by atoms with Crippen LogP contribution < -0.4 is 5.56 Å². The molecule has 2 N–H and O–H groups in total. The summed E-state index contributed by atoms with van der Waals surface area (Å²) in [6, 6.07) is 3.76. The number of aryl methyl sites for hydroxylation is 2. The fourth-order valence-corrected chi connectivity index (χ4v) is 5.12. The number of hydrogen-bond donors (Lipinski definition) is 2. The fraction of sp³-hybridized carbons (Fsp3) is 0.429. The summed E-state index contributed by atoms with van der Waals surface area (Å²) in [4.78, 5) is 24.6. The Balaban J connectivity index is 1.56. The van der Waals surface area contributed by atoms with Gasteiger partial charge in [0.2, 0.25) is 0 Å². The highest BCUT2D eigenvalue weighted by Crippen LogP contribution is 2.34. The van der Waals surface area contributed by atoms with Gasteiger partial charge in [-0.3, -0.25) is 9.69 Å². The van der Waals surface area contributed by atoms with Crippen LogP contribution in [0, 0.1) is 0 Å². The van der Waals surface area contributed by atoms with Crippen LogP contribution in [0.15, 0.2) is 40.3 Å². The zero-order valence-electron chi connectivity index (χ0n) is 15.8. The highest BCUT2D eigenvalue weighted by atomic mass is 32.1. The van der Waals surface area contributed by atoms with Gasteiger partial charge in [0, 0.05) is 11.4 Å². The Labute approximate surface area is 167 Å². The van der Waals surface area contributed by atoms with Gasteiger partial charge in [-0.25, -0.2) is 4.98 Å². The largest absolute Gasteiger partial charge is 0.468 e. The minimum absolute atomic E-state index is 0.0513. The molecule has 1 aliphatic rings. The van der Waals surface area contributed by atoms with E-state index in [4.69, 9.17) is 9.40 Å². The number of hydrogen-bond acceptors (Lipinski definition) is 6. The second kappa shape index (κ2) is 8.43. The topological polar surface area (TPSA) is 82.4 Å². The molecule has 0 fully saturated rings. The number of fused-ring (bicyclic) bond motifs is 3. The number of aromatic nitrogens is 2. The molecule has 1 aliphatic carbocycles. The lowest BCUT2D eigenvalue weighted by atomic mass is 10.2. The van der Waals surface area contributed by atoms with Gasteiger partial charge in [0.1, 0.15) is 16.4 Å². The predicted molar refractivity (Wildman–Crippen MR) is 111 cm³/mol.